The molecule has 1 aromatic rings. The van der Waals surface area contributed by atoms with Crippen LogP contribution in [0.2, 0.25) is 0 Å². The Hall–Kier alpha value is -1.57. The highest BCUT2D eigenvalue weighted by Crippen LogP contribution is 2.34. The zero-order chi connectivity index (χ0) is 15.2. The first-order chi connectivity index (χ1) is 9.45. The van der Waals surface area contributed by atoms with Gasteiger partial charge in [-0.1, -0.05) is 33.8 Å². The van der Waals surface area contributed by atoms with Crippen molar-refractivity contribution in [2.45, 2.75) is 46.0 Å². The van der Waals surface area contributed by atoms with Crippen molar-refractivity contribution < 1.29 is 9.53 Å². The first kappa shape index (κ1) is 16.5. The van der Waals surface area contributed by atoms with E-state index in [2.05, 4.69) is 40.3 Å². The SMILES string of the molecule is C=CCC(C)(CC)c1cc(C=O)cc(OCC(C)C)c1. The fourth-order valence-electron chi connectivity index (χ4n) is 2.17. The fraction of sp³-hybridized carbons (Fsp3) is 0.500. The van der Waals surface area contributed by atoms with E-state index in [1.54, 1.807) is 0 Å². The molecule has 0 aliphatic rings. The lowest BCUT2D eigenvalue weighted by Crippen LogP contribution is -2.20. The molecule has 0 amide bonds. The largest absolute Gasteiger partial charge is 0.493 e. The smallest absolute Gasteiger partial charge is 0.150 e. The molecule has 1 aromatic carbocycles. The molecule has 2 heteroatoms. The molecule has 0 heterocycles. The van der Waals surface area contributed by atoms with Crippen LogP contribution in [-0.4, -0.2) is 12.9 Å². The molecule has 0 bridgehead atoms. The van der Waals surface area contributed by atoms with E-state index in [0.717, 1.165) is 30.4 Å². The molecule has 1 atom stereocenters. The summed E-state index contributed by atoms with van der Waals surface area (Å²) < 4.78 is 5.78. The lowest BCUT2D eigenvalue weighted by molar-refractivity contribution is 0.112. The van der Waals surface area contributed by atoms with Gasteiger partial charge in [0.25, 0.3) is 0 Å². The number of aldehydes is 1. The van der Waals surface area contributed by atoms with Gasteiger partial charge in [0.1, 0.15) is 12.0 Å². The first-order valence-corrected chi connectivity index (χ1v) is 7.29. The zero-order valence-electron chi connectivity index (χ0n) is 13.1. The van der Waals surface area contributed by atoms with Crippen molar-refractivity contribution in [3.8, 4) is 5.75 Å². The van der Waals surface area contributed by atoms with E-state index in [0.29, 0.717) is 18.1 Å². The maximum absolute atomic E-state index is 11.1. The summed E-state index contributed by atoms with van der Waals surface area (Å²) in [7, 11) is 0. The molecule has 0 radical (unpaired) electrons. The Kier molecular flexibility index (Phi) is 6.00. The normalized spacial score (nSPS) is 13.8. The quantitative estimate of drug-likeness (QED) is 0.504. The Morgan fingerprint density at radius 3 is 2.55 bits per heavy atom. The van der Waals surface area contributed by atoms with Gasteiger partial charge in [0.05, 0.1) is 6.61 Å². The Labute approximate surface area is 122 Å². The van der Waals surface area contributed by atoms with E-state index in [1.165, 1.54) is 0 Å². The maximum Gasteiger partial charge on any atom is 0.150 e. The number of ether oxygens (including phenoxy) is 1. The monoisotopic (exact) mass is 274 g/mol. The van der Waals surface area contributed by atoms with Crippen LogP contribution < -0.4 is 4.74 Å². The topological polar surface area (TPSA) is 26.3 Å². The van der Waals surface area contributed by atoms with Gasteiger partial charge >= 0.3 is 0 Å². The van der Waals surface area contributed by atoms with Gasteiger partial charge in [-0.2, -0.15) is 0 Å². The van der Waals surface area contributed by atoms with Crippen molar-refractivity contribution in [2.75, 3.05) is 6.61 Å². The van der Waals surface area contributed by atoms with Crippen LogP contribution in [0, 0.1) is 5.92 Å². The van der Waals surface area contributed by atoms with Crippen LogP contribution >= 0.6 is 0 Å². The van der Waals surface area contributed by atoms with Crippen LogP contribution in [0.15, 0.2) is 30.9 Å². The minimum absolute atomic E-state index is 0.00326. The van der Waals surface area contributed by atoms with Gasteiger partial charge in [-0.15, -0.1) is 6.58 Å². The number of hydrogen-bond acceptors (Lipinski definition) is 2. The number of hydrogen-bond donors (Lipinski definition) is 0. The van der Waals surface area contributed by atoms with E-state index >= 15 is 0 Å². The van der Waals surface area contributed by atoms with Crippen LogP contribution in [0.1, 0.15) is 56.5 Å². The summed E-state index contributed by atoms with van der Waals surface area (Å²) in [6.45, 7) is 13.1. The van der Waals surface area contributed by atoms with Gasteiger partial charge in [-0.25, -0.2) is 0 Å². The third-order valence-electron chi connectivity index (χ3n) is 3.72. The second kappa shape index (κ2) is 7.28. The second-order valence-electron chi connectivity index (χ2n) is 6.02. The molecule has 1 rings (SSSR count). The minimum atomic E-state index is -0.00326. The molecular weight excluding hydrogens is 248 g/mol. The Morgan fingerprint density at radius 1 is 1.35 bits per heavy atom. The lowest BCUT2D eigenvalue weighted by Gasteiger charge is -2.28. The standard InChI is InChI=1S/C18H26O2/c1-6-8-18(5,7-2)16-9-15(12-19)10-17(11-16)20-13-14(3)4/h6,9-12,14H,1,7-8,13H2,2-5H3. The third kappa shape index (κ3) is 4.22. The molecule has 0 aromatic heterocycles. The average Bonchev–Trinajstić information content (AvgIpc) is 2.44. The minimum Gasteiger partial charge on any atom is -0.493 e. The highest BCUT2D eigenvalue weighted by Gasteiger charge is 2.24. The Bertz CT molecular complexity index is 462. The number of benzene rings is 1. The number of carbonyl (C=O) groups excluding carboxylic acids is 1. The summed E-state index contributed by atoms with van der Waals surface area (Å²) in [5.74, 6) is 1.24. The van der Waals surface area contributed by atoms with E-state index in [1.807, 2.05) is 18.2 Å². The van der Waals surface area contributed by atoms with Crippen molar-refractivity contribution in [2.24, 2.45) is 5.92 Å². The summed E-state index contributed by atoms with van der Waals surface area (Å²) in [5.41, 5.74) is 1.81. The summed E-state index contributed by atoms with van der Waals surface area (Å²) in [5, 5.41) is 0. The van der Waals surface area contributed by atoms with Crippen LogP contribution in [0.3, 0.4) is 0 Å². The van der Waals surface area contributed by atoms with Gasteiger partial charge in [-0.05, 0) is 47.9 Å². The Morgan fingerprint density at radius 2 is 2.05 bits per heavy atom. The lowest BCUT2D eigenvalue weighted by atomic mass is 9.77. The van der Waals surface area contributed by atoms with Crippen LogP contribution in [-0.2, 0) is 5.41 Å². The molecule has 2 nitrogen and oxygen atoms in total. The summed E-state index contributed by atoms with van der Waals surface area (Å²) >= 11 is 0. The molecule has 20 heavy (non-hydrogen) atoms. The molecule has 0 aliphatic carbocycles. The third-order valence-corrected chi connectivity index (χ3v) is 3.72. The highest BCUT2D eigenvalue weighted by molar-refractivity contribution is 5.76. The maximum atomic E-state index is 11.1. The van der Waals surface area contributed by atoms with Gasteiger partial charge < -0.3 is 4.74 Å². The van der Waals surface area contributed by atoms with E-state index in [-0.39, 0.29) is 5.41 Å². The molecule has 0 saturated heterocycles. The molecule has 1 unspecified atom stereocenters. The van der Waals surface area contributed by atoms with E-state index in [9.17, 15) is 4.79 Å². The van der Waals surface area contributed by atoms with Crippen molar-refractivity contribution in [3.05, 3.63) is 42.0 Å². The van der Waals surface area contributed by atoms with E-state index < -0.39 is 0 Å². The van der Waals surface area contributed by atoms with E-state index in [4.69, 9.17) is 4.74 Å². The summed E-state index contributed by atoms with van der Waals surface area (Å²) in [6.07, 6.45) is 4.70. The first-order valence-electron chi connectivity index (χ1n) is 7.29. The van der Waals surface area contributed by atoms with Gasteiger partial charge in [0.2, 0.25) is 0 Å². The molecule has 0 saturated carbocycles. The van der Waals surface area contributed by atoms with Gasteiger partial charge in [-0.3, -0.25) is 4.79 Å². The van der Waals surface area contributed by atoms with Gasteiger partial charge in [0.15, 0.2) is 0 Å². The Balaban J connectivity index is 3.14. The molecule has 0 fully saturated rings. The zero-order valence-corrected chi connectivity index (χ0v) is 13.1. The molecular formula is C18H26O2. The highest BCUT2D eigenvalue weighted by atomic mass is 16.5. The van der Waals surface area contributed by atoms with Crippen LogP contribution in [0.4, 0.5) is 0 Å². The van der Waals surface area contributed by atoms with Crippen LogP contribution in [0.5, 0.6) is 5.75 Å². The average molecular weight is 274 g/mol. The van der Waals surface area contributed by atoms with Crippen molar-refractivity contribution in [1.82, 2.24) is 0 Å². The summed E-state index contributed by atoms with van der Waals surface area (Å²) in [4.78, 5) is 11.1. The van der Waals surface area contributed by atoms with Crippen molar-refractivity contribution >= 4 is 6.29 Å². The molecule has 0 N–H and O–H groups in total. The van der Waals surface area contributed by atoms with Crippen LogP contribution in [0.25, 0.3) is 0 Å². The predicted molar refractivity (Wildman–Crippen MR) is 84.6 cm³/mol. The number of carbonyl (C=O) groups is 1. The fourth-order valence-corrected chi connectivity index (χ4v) is 2.17. The van der Waals surface area contributed by atoms with Gasteiger partial charge in [0, 0.05) is 5.56 Å². The molecule has 110 valence electrons. The number of allylic oxidation sites excluding steroid dienone is 1. The van der Waals surface area contributed by atoms with Crippen molar-refractivity contribution in [1.29, 1.82) is 0 Å². The van der Waals surface area contributed by atoms with Crippen molar-refractivity contribution in [3.63, 3.8) is 0 Å². The predicted octanol–water partition coefficient (Wildman–Crippen LogP) is 4.78. The molecule has 0 aliphatic heterocycles. The molecule has 0 spiro atoms. The number of rotatable bonds is 8. The second-order valence-corrected chi connectivity index (χ2v) is 6.02. The summed E-state index contributed by atoms with van der Waals surface area (Å²) in [6, 6.07) is 5.83.